The lowest BCUT2D eigenvalue weighted by atomic mass is 10.2. The van der Waals surface area contributed by atoms with Crippen molar-refractivity contribution >= 4 is 51.4 Å². The van der Waals surface area contributed by atoms with E-state index in [1.165, 1.54) is 30.1 Å². The van der Waals surface area contributed by atoms with Crippen molar-refractivity contribution in [1.82, 2.24) is 20.2 Å². The van der Waals surface area contributed by atoms with Crippen LogP contribution in [0.3, 0.4) is 0 Å². The molecule has 31 heavy (non-hydrogen) atoms. The topological polar surface area (TPSA) is 72.2 Å². The van der Waals surface area contributed by atoms with Crippen LogP contribution in [0.15, 0.2) is 69.3 Å². The maximum absolute atomic E-state index is 13.7. The summed E-state index contributed by atoms with van der Waals surface area (Å²) in [5.74, 6) is -0.153. The highest BCUT2D eigenvalue weighted by Crippen LogP contribution is 2.26. The Morgan fingerprint density at radius 1 is 1.32 bits per heavy atom. The lowest BCUT2D eigenvalue weighted by Gasteiger charge is -2.10. The Morgan fingerprint density at radius 2 is 2.06 bits per heavy atom. The van der Waals surface area contributed by atoms with E-state index in [1.54, 1.807) is 6.07 Å². The molecule has 0 aliphatic rings. The average Bonchev–Trinajstić information content (AvgIpc) is 3.11. The van der Waals surface area contributed by atoms with Crippen LogP contribution in [0.4, 0.5) is 4.39 Å². The number of thioether (sulfide) groups is 1. The van der Waals surface area contributed by atoms with Crippen molar-refractivity contribution in [2.24, 2.45) is 5.10 Å². The standard InChI is InChI=1S/C21H18BrClFN5OS/c1-13(2)11-29-20(14-6-8-15(22)9-7-14)27-28-21(29)31-12-19(30)26-25-10-16-17(23)4-3-5-18(16)24/h3-10H,1,11-12H2,2H3,(H,26,30)/b25-10-. The summed E-state index contributed by atoms with van der Waals surface area (Å²) in [6.45, 7) is 6.40. The molecule has 0 bridgehead atoms. The van der Waals surface area contributed by atoms with Crippen molar-refractivity contribution in [3.05, 3.63) is 75.5 Å². The van der Waals surface area contributed by atoms with Gasteiger partial charge in [0.1, 0.15) is 5.82 Å². The number of nitrogens with one attached hydrogen (secondary N) is 1. The predicted molar refractivity (Wildman–Crippen MR) is 126 cm³/mol. The summed E-state index contributed by atoms with van der Waals surface area (Å²) >= 11 is 10.6. The third-order valence-corrected chi connectivity index (χ3v) is 5.79. The normalized spacial score (nSPS) is 11.1. The van der Waals surface area contributed by atoms with Gasteiger partial charge in [-0.25, -0.2) is 9.82 Å². The van der Waals surface area contributed by atoms with Gasteiger partial charge in [0.15, 0.2) is 11.0 Å². The first-order valence-electron chi connectivity index (χ1n) is 9.07. The molecule has 1 N–H and O–H groups in total. The maximum atomic E-state index is 13.7. The molecule has 0 aliphatic carbocycles. The zero-order valence-corrected chi connectivity index (χ0v) is 19.6. The molecule has 3 rings (SSSR count). The molecule has 0 aliphatic heterocycles. The molecular formula is C21H18BrClFN5OS. The van der Waals surface area contributed by atoms with Gasteiger partial charge in [-0.3, -0.25) is 9.36 Å². The molecule has 1 aromatic heterocycles. The van der Waals surface area contributed by atoms with Crippen LogP contribution in [-0.2, 0) is 11.3 Å². The van der Waals surface area contributed by atoms with E-state index in [9.17, 15) is 9.18 Å². The molecule has 0 spiro atoms. The Kier molecular flexibility index (Phi) is 8.00. The van der Waals surface area contributed by atoms with E-state index in [4.69, 9.17) is 11.6 Å². The monoisotopic (exact) mass is 521 g/mol. The smallest absolute Gasteiger partial charge is 0.250 e. The van der Waals surface area contributed by atoms with E-state index >= 15 is 0 Å². The van der Waals surface area contributed by atoms with Gasteiger partial charge in [-0.05, 0) is 31.2 Å². The summed E-state index contributed by atoms with van der Waals surface area (Å²) in [5, 5.41) is 13.1. The Hall–Kier alpha value is -2.49. The molecule has 6 nitrogen and oxygen atoms in total. The van der Waals surface area contributed by atoms with Crippen LogP contribution >= 0.6 is 39.3 Å². The maximum Gasteiger partial charge on any atom is 0.250 e. The minimum absolute atomic E-state index is 0.0526. The number of halogens is 3. The molecule has 0 unspecified atom stereocenters. The Morgan fingerprint density at radius 3 is 2.74 bits per heavy atom. The van der Waals surface area contributed by atoms with Crippen LogP contribution in [0.1, 0.15) is 12.5 Å². The Balaban J connectivity index is 1.68. The van der Waals surface area contributed by atoms with Crippen LogP contribution in [0.5, 0.6) is 0 Å². The van der Waals surface area contributed by atoms with Crippen molar-refractivity contribution in [2.75, 3.05) is 5.75 Å². The molecule has 160 valence electrons. The van der Waals surface area contributed by atoms with Crippen LogP contribution in [0, 0.1) is 5.82 Å². The van der Waals surface area contributed by atoms with E-state index in [2.05, 4.69) is 43.2 Å². The van der Waals surface area contributed by atoms with Gasteiger partial charge in [-0.15, -0.1) is 10.2 Å². The fraction of sp³-hybridized carbons (Fsp3) is 0.143. The minimum atomic E-state index is -0.520. The molecule has 10 heteroatoms. The highest BCUT2D eigenvalue weighted by molar-refractivity contribution is 9.10. The van der Waals surface area contributed by atoms with E-state index in [0.717, 1.165) is 15.6 Å². The van der Waals surface area contributed by atoms with Crippen molar-refractivity contribution in [3.8, 4) is 11.4 Å². The summed E-state index contributed by atoms with van der Waals surface area (Å²) in [6, 6.07) is 12.0. The van der Waals surface area contributed by atoms with Crippen LogP contribution in [0.2, 0.25) is 5.02 Å². The molecule has 0 atom stereocenters. The Bertz CT molecular complexity index is 1110. The van der Waals surface area contributed by atoms with Crippen molar-refractivity contribution in [1.29, 1.82) is 0 Å². The number of carbonyl (C=O) groups excluding carboxylic acids is 1. The number of rotatable bonds is 8. The number of carbonyl (C=O) groups is 1. The lowest BCUT2D eigenvalue weighted by molar-refractivity contribution is -0.118. The second kappa shape index (κ2) is 10.7. The fourth-order valence-corrected chi connectivity index (χ4v) is 3.79. The molecule has 0 saturated heterocycles. The molecule has 1 heterocycles. The van der Waals surface area contributed by atoms with Gasteiger partial charge in [0.25, 0.3) is 5.91 Å². The van der Waals surface area contributed by atoms with Gasteiger partial charge in [0.2, 0.25) is 0 Å². The van der Waals surface area contributed by atoms with E-state index in [0.29, 0.717) is 17.5 Å². The molecule has 0 radical (unpaired) electrons. The molecule has 1 amide bonds. The number of benzene rings is 2. The molecule has 2 aromatic carbocycles. The largest absolute Gasteiger partial charge is 0.298 e. The third kappa shape index (κ3) is 6.25. The first-order valence-corrected chi connectivity index (χ1v) is 11.2. The van der Waals surface area contributed by atoms with Crippen molar-refractivity contribution in [2.45, 2.75) is 18.6 Å². The molecule has 3 aromatic rings. The van der Waals surface area contributed by atoms with E-state index < -0.39 is 5.82 Å². The van der Waals surface area contributed by atoms with Gasteiger partial charge >= 0.3 is 0 Å². The van der Waals surface area contributed by atoms with Gasteiger partial charge in [0.05, 0.1) is 17.0 Å². The second-order valence-corrected chi connectivity index (χ2v) is 8.84. The van der Waals surface area contributed by atoms with Gasteiger partial charge < -0.3 is 0 Å². The number of hydrogen-bond donors (Lipinski definition) is 1. The quantitative estimate of drug-likeness (QED) is 0.188. The molecule has 0 saturated carbocycles. The highest BCUT2D eigenvalue weighted by Gasteiger charge is 2.16. The first kappa shape index (κ1) is 23.2. The summed E-state index contributed by atoms with van der Waals surface area (Å²) in [7, 11) is 0. The summed E-state index contributed by atoms with van der Waals surface area (Å²) in [5.41, 5.74) is 4.30. The van der Waals surface area contributed by atoms with Gasteiger partial charge in [-0.1, -0.05) is 69.6 Å². The lowest BCUT2D eigenvalue weighted by Crippen LogP contribution is -2.20. The Labute approximate surface area is 196 Å². The predicted octanol–water partition coefficient (Wildman–Crippen LogP) is 5.32. The SMILES string of the molecule is C=C(C)Cn1c(SCC(=O)N/N=C\c2c(F)cccc2Cl)nnc1-c1ccc(Br)cc1. The van der Waals surface area contributed by atoms with E-state index in [-0.39, 0.29) is 22.2 Å². The summed E-state index contributed by atoms with van der Waals surface area (Å²) < 4.78 is 16.6. The summed E-state index contributed by atoms with van der Waals surface area (Å²) in [4.78, 5) is 12.2. The van der Waals surface area contributed by atoms with Gasteiger partial charge in [0, 0.05) is 22.1 Å². The zero-order chi connectivity index (χ0) is 22.4. The number of hydrazone groups is 1. The molecular weight excluding hydrogens is 505 g/mol. The van der Waals surface area contributed by atoms with Crippen molar-refractivity contribution < 1.29 is 9.18 Å². The van der Waals surface area contributed by atoms with Gasteiger partial charge in [-0.2, -0.15) is 5.10 Å². The average molecular weight is 523 g/mol. The minimum Gasteiger partial charge on any atom is -0.298 e. The van der Waals surface area contributed by atoms with Crippen LogP contribution in [-0.4, -0.2) is 32.6 Å². The van der Waals surface area contributed by atoms with E-state index in [1.807, 2.05) is 35.8 Å². The third-order valence-electron chi connectivity index (χ3n) is 3.96. The second-order valence-electron chi connectivity index (χ2n) is 6.57. The van der Waals surface area contributed by atoms with Crippen LogP contribution in [0.25, 0.3) is 11.4 Å². The number of hydrogen-bond acceptors (Lipinski definition) is 5. The highest BCUT2D eigenvalue weighted by atomic mass is 79.9. The first-order chi connectivity index (χ1) is 14.8. The van der Waals surface area contributed by atoms with Crippen LogP contribution < -0.4 is 5.43 Å². The van der Waals surface area contributed by atoms with Crippen molar-refractivity contribution in [3.63, 3.8) is 0 Å². The number of amides is 1. The number of nitrogens with zero attached hydrogens (tertiary/aromatic N) is 4. The fourth-order valence-electron chi connectivity index (χ4n) is 2.59. The zero-order valence-electron chi connectivity index (χ0n) is 16.5. The molecule has 0 fully saturated rings. The summed E-state index contributed by atoms with van der Waals surface area (Å²) in [6.07, 6.45) is 1.18. The number of aromatic nitrogens is 3. The number of allylic oxidation sites excluding steroid dienone is 1.